The van der Waals surface area contributed by atoms with Crippen molar-refractivity contribution in [1.29, 1.82) is 0 Å². The maximum atomic E-state index is 12.3. The quantitative estimate of drug-likeness (QED) is 0.903. The maximum absolute atomic E-state index is 12.3. The van der Waals surface area contributed by atoms with E-state index < -0.39 is 0 Å². The number of nitrogens with one attached hydrogen (secondary N) is 1. The molecule has 0 radical (unpaired) electrons. The monoisotopic (exact) mass is 352 g/mol. The van der Waals surface area contributed by atoms with Gasteiger partial charge in [-0.3, -0.25) is 9.59 Å². The molecule has 1 aliphatic heterocycles. The molecule has 0 aliphatic carbocycles. The van der Waals surface area contributed by atoms with Crippen LogP contribution in [0.4, 0.5) is 5.69 Å². The number of aryl methyl sites for hydroxylation is 1. The molecule has 1 aliphatic rings. The van der Waals surface area contributed by atoms with Crippen LogP contribution in [0.15, 0.2) is 22.7 Å². The number of benzene rings is 1. The van der Waals surface area contributed by atoms with Crippen molar-refractivity contribution in [2.24, 2.45) is 5.92 Å². The van der Waals surface area contributed by atoms with Gasteiger partial charge < -0.3 is 10.2 Å². The Morgan fingerprint density at radius 3 is 2.86 bits per heavy atom. The van der Waals surface area contributed by atoms with Crippen molar-refractivity contribution < 1.29 is 9.59 Å². The molecule has 1 aromatic carbocycles. The van der Waals surface area contributed by atoms with Crippen molar-refractivity contribution in [3.05, 3.63) is 28.2 Å². The summed E-state index contributed by atoms with van der Waals surface area (Å²) in [6, 6.07) is 5.98. The molecule has 1 fully saturated rings. The Morgan fingerprint density at radius 1 is 1.52 bits per heavy atom. The minimum atomic E-state index is -0.264. The summed E-state index contributed by atoms with van der Waals surface area (Å²) in [6.07, 6.45) is 1.21. The summed E-state index contributed by atoms with van der Waals surface area (Å²) in [4.78, 5) is 26.1. The molecule has 0 bridgehead atoms. The Bertz CT molecular complexity index is 559. The summed E-state index contributed by atoms with van der Waals surface area (Å²) in [6.45, 7) is 6.59. The van der Waals surface area contributed by atoms with Gasteiger partial charge in [-0.15, -0.1) is 0 Å². The summed E-state index contributed by atoms with van der Waals surface area (Å²) in [5.41, 5.74) is 1.87. The first-order valence-corrected chi connectivity index (χ1v) is 8.08. The van der Waals surface area contributed by atoms with Crippen LogP contribution in [-0.4, -0.2) is 29.3 Å². The molecule has 1 N–H and O–H groups in total. The Hall–Kier alpha value is -1.36. The lowest BCUT2D eigenvalue weighted by molar-refractivity contribution is -0.129. The second kappa shape index (κ2) is 6.60. The topological polar surface area (TPSA) is 49.4 Å². The van der Waals surface area contributed by atoms with E-state index in [2.05, 4.69) is 28.2 Å². The molecule has 2 unspecified atom stereocenters. The van der Waals surface area contributed by atoms with Crippen LogP contribution in [0.25, 0.3) is 0 Å². The van der Waals surface area contributed by atoms with Gasteiger partial charge in [-0.25, -0.2) is 0 Å². The highest BCUT2D eigenvalue weighted by Crippen LogP contribution is 2.26. The highest BCUT2D eigenvalue weighted by atomic mass is 79.9. The molecule has 1 aromatic rings. The first kappa shape index (κ1) is 16.0. The van der Waals surface area contributed by atoms with Crippen molar-refractivity contribution >= 4 is 33.4 Å². The minimum absolute atomic E-state index is 0.0764. The lowest BCUT2D eigenvalue weighted by Crippen LogP contribution is -2.35. The predicted molar refractivity (Wildman–Crippen MR) is 87.1 cm³/mol. The van der Waals surface area contributed by atoms with Crippen LogP contribution in [0.3, 0.4) is 0 Å². The zero-order valence-electron chi connectivity index (χ0n) is 12.6. The summed E-state index contributed by atoms with van der Waals surface area (Å²) < 4.78 is 0.860. The van der Waals surface area contributed by atoms with Crippen LogP contribution in [0.1, 0.15) is 32.3 Å². The standard InChI is InChI=1S/C16H21BrN2O2/c1-4-11(3)19-9-12(8-15(19)20)16(21)18-14-6-5-10(2)7-13(14)17/h5-7,11-12H,4,8-9H2,1-3H3,(H,18,21). The number of amides is 2. The number of likely N-dealkylation sites (tertiary alicyclic amines) is 1. The number of anilines is 1. The minimum Gasteiger partial charge on any atom is -0.339 e. The van der Waals surface area contributed by atoms with Crippen molar-refractivity contribution in [3.8, 4) is 0 Å². The first-order valence-electron chi connectivity index (χ1n) is 7.28. The van der Waals surface area contributed by atoms with E-state index in [9.17, 15) is 9.59 Å². The molecule has 114 valence electrons. The summed E-state index contributed by atoms with van der Waals surface area (Å²) in [5.74, 6) is -0.272. The molecule has 5 heteroatoms. The summed E-state index contributed by atoms with van der Waals surface area (Å²) in [7, 11) is 0. The number of hydrogen-bond acceptors (Lipinski definition) is 2. The molecule has 0 spiro atoms. The molecule has 0 aromatic heterocycles. The van der Waals surface area contributed by atoms with Crippen molar-refractivity contribution in [3.63, 3.8) is 0 Å². The van der Waals surface area contributed by atoms with Gasteiger partial charge in [-0.05, 0) is 53.9 Å². The van der Waals surface area contributed by atoms with E-state index in [1.165, 1.54) is 0 Å². The fraction of sp³-hybridized carbons (Fsp3) is 0.500. The molecule has 1 heterocycles. The zero-order chi connectivity index (χ0) is 15.6. The van der Waals surface area contributed by atoms with E-state index in [0.29, 0.717) is 13.0 Å². The third-order valence-corrected chi connectivity index (χ3v) is 4.69. The average molecular weight is 353 g/mol. The average Bonchev–Trinajstić information content (AvgIpc) is 2.83. The van der Waals surface area contributed by atoms with Gasteiger partial charge in [0.15, 0.2) is 0 Å². The highest BCUT2D eigenvalue weighted by Gasteiger charge is 2.36. The van der Waals surface area contributed by atoms with Gasteiger partial charge in [0, 0.05) is 23.5 Å². The number of rotatable bonds is 4. The van der Waals surface area contributed by atoms with Gasteiger partial charge in [-0.1, -0.05) is 13.0 Å². The van der Waals surface area contributed by atoms with E-state index in [1.807, 2.05) is 36.9 Å². The van der Waals surface area contributed by atoms with Crippen molar-refractivity contribution in [2.45, 2.75) is 39.7 Å². The number of nitrogens with zero attached hydrogens (tertiary/aromatic N) is 1. The molecule has 0 saturated carbocycles. The largest absolute Gasteiger partial charge is 0.339 e. The lowest BCUT2D eigenvalue weighted by Gasteiger charge is -2.23. The number of carbonyl (C=O) groups is 2. The zero-order valence-corrected chi connectivity index (χ0v) is 14.2. The second-order valence-corrected chi connectivity index (χ2v) is 6.53. The molecular formula is C16H21BrN2O2. The lowest BCUT2D eigenvalue weighted by atomic mass is 10.1. The Labute approximate surface area is 134 Å². The SMILES string of the molecule is CCC(C)N1CC(C(=O)Nc2ccc(C)cc2Br)CC1=O. The normalized spacial score (nSPS) is 19.7. The van der Waals surface area contributed by atoms with Gasteiger partial charge in [0.25, 0.3) is 0 Å². The molecular weight excluding hydrogens is 332 g/mol. The van der Waals surface area contributed by atoms with E-state index in [-0.39, 0.29) is 23.8 Å². The van der Waals surface area contributed by atoms with Crippen LogP contribution < -0.4 is 5.32 Å². The van der Waals surface area contributed by atoms with Crippen LogP contribution in [-0.2, 0) is 9.59 Å². The third-order valence-electron chi connectivity index (χ3n) is 4.03. The van der Waals surface area contributed by atoms with Crippen LogP contribution in [0, 0.1) is 12.8 Å². The highest BCUT2D eigenvalue weighted by molar-refractivity contribution is 9.10. The van der Waals surface area contributed by atoms with Gasteiger partial charge in [0.2, 0.25) is 11.8 Å². The van der Waals surface area contributed by atoms with Gasteiger partial charge in [-0.2, -0.15) is 0 Å². The fourth-order valence-electron chi connectivity index (χ4n) is 2.51. The van der Waals surface area contributed by atoms with Crippen LogP contribution >= 0.6 is 15.9 Å². The number of carbonyl (C=O) groups excluding carboxylic acids is 2. The van der Waals surface area contributed by atoms with E-state index >= 15 is 0 Å². The second-order valence-electron chi connectivity index (χ2n) is 5.68. The van der Waals surface area contributed by atoms with Crippen molar-refractivity contribution in [2.75, 3.05) is 11.9 Å². The first-order chi connectivity index (χ1) is 9.92. The van der Waals surface area contributed by atoms with E-state index in [1.54, 1.807) is 0 Å². The third kappa shape index (κ3) is 3.64. The summed E-state index contributed by atoms with van der Waals surface area (Å²) in [5, 5.41) is 2.91. The molecule has 2 rings (SSSR count). The van der Waals surface area contributed by atoms with Gasteiger partial charge in [0.1, 0.15) is 0 Å². The number of halogens is 1. The van der Waals surface area contributed by atoms with E-state index in [0.717, 1.165) is 22.1 Å². The Balaban J connectivity index is 2.03. The van der Waals surface area contributed by atoms with E-state index in [4.69, 9.17) is 0 Å². The predicted octanol–water partition coefficient (Wildman–Crippen LogP) is 3.34. The molecule has 2 atom stereocenters. The molecule has 1 saturated heterocycles. The van der Waals surface area contributed by atoms with Crippen molar-refractivity contribution in [1.82, 2.24) is 4.90 Å². The maximum Gasteiger partial charge on any atom is 0.229 e. The Morgan fingerprint density at radius 2 is 2.24 bits per heavy atom. The molecule has 4 nitrogen and oxygen atoms in total. The van der Waals surface area contributed by atoms with Gasteiger partial charge >= 0.3 is 0 Å². The van der Waals surface area contributed by atoms with Crippen LogP contribution in [0.5, 0.6) is 0 Å². The fourth-order valence-corrected chi connectivity index (χ4v) is 3.10. The molecule has 2 amide bonds. The smallest absolute Gasteiger partial charge is 0.229 e. The number of hydrogen-bond donors (Lipinski definition) is 1. The van der Waals surface area contributed by atoms with Gasteiger partial charge in [0.05, 0.1) is 11.6 Å². The summed E-state index contributed by atoms with van der Waals surface area (Å²) >= 11 is 3.45. The Kier molecular flexibility index (Phi) is 5.04. The molecule has 21 heavy (non-hydrogen) atoms. The van der Waals surface area contributed by atoms with Crippen LogP contribution in [0.2, 0.25) is 0 Å².